The van der Waals surface area contributed by atoms with Gasteiger partial charge in [0.15, 0.2) is 24.2 Å². The molecule has 0 aliphatic carbocycles. The lowest BCUT2D eigenvalue weighted by atomic mass is 9.95. The van der Waals surface area contributed by atoms with E-state index in [-0.39, 0.29) is 12.4 Å². The summed E-state index contributed by atoms with van der Waals surface area (Å²) in [5, 5.41) is 2.20. The van der Waals surface area contributed by atoms with Gasteiger partial charge in [-0.15, -0.1) is 0 Å². The molecule has 0 N–H and O–H groups in total. The average Bonchev–Trinajstić information content (AvgIpc) is 2.81. The molecule has 1 aliphatic rings. The van der Waals surface area contributed by atoms with Gasteiger partial charge in [0.25, 0.3) is 0 Å². The maximum atomic E-state index is 6.03. The van der Waals surface area contributed by atoms with E-state index in [1.807, 2.05) is 24.3 Å². The van der Waals surface area contributed by atoms with Crippen molar-refractivity contribution in [1.29, 1.82) is 0 Å². The molecule has 0 bridgehead atoms. The van der Waals surface area contributed by atoms with Crippen molar-refractivity contribution in [2.45, 2.75) is 19.6 Å². The number of benzene rings is 3. The number of halogens is 1. The molecule has 4 aromatic rings. The number of aromatic nitrogens is 1. The van der Waals surface area contributed by atoms with E-state index in [1.165, 1.54) is 22.4 Å². The third kappa shape index (κ3) is 3.91. The third-order valence-electron chi connectivity index (χ3n) is 5.73. The summed E-state index contributed by atoms with van der Waals surface area (Å²) in [6, 6.07) is 23.0. The maximum absolute atomic E-state index is 6.03. The number of aryl methyl sites for hydroxylation is 2. The molecule has 0 unspecified atom stereocenters. The second kappa shape index (κ2) is 8.86. The van der Waals surface area contributed by atoms with Gasteiger partial charge in [-0.1, -0.05) is 30.3 Å². The molecule has 1 aliphatic heterocycles. The zero-order chi connectivity index (χ0) is 20.5. The number of ether oxygens (including phenoxy) is 3. The van der Waals surface area contributed by atoms with Crippen LogP contribution in [0.25, 0.3) is 22.0 Å². The van der Waals surface area contributed by atoms with E-state index in [2.05, 4.69) is 53.2 Å². The lowest BCUT2D eigenvalue weighted by Crippen LogP contribution is -3.00. The largest absolute Gasteiger partial charge is 1.00 e. The van der Waals surface area contributed by atoms with Gasteiger partial charge in [-0.2, -0.15) is 4.57 Å². The number of nitrogens with zero attached hydrogens (tertiary/aromatic N) is 1. The fourth-order valence-electron chi connectivity index (χ4n) is 4.20. The molecule has 1 aromatic heterocycles. The predicted molar refractivity (Wildman–Crippen MR) is 117 cm³/mol. The quantitative estimate of drug-likeness (QED) is 0.451. The van der Waals surface area contributed by atoms with Crippen LogP contribution in [0.5, 0.6) is 17.2 Å². The van der Waals surface area contributed by atoms with Crippen molar-refractivity contribution in [3.63, 3.8) is 0 Å². The molecular weight excluding hydrogens is 410 g/mol. The molecule has 3 aromatic carbocycles. The van der Waals surface area contributed by atoms with Crippen LogP contribution in [0, 0.1) is 0 Å². The van der Waals surface area contributed by atoms with Gasteiger partial charge in [-0.05, 0) is 46.8 Å². The first-order valence-electron chi connectivity index (χ1n) is 10.1. The van der Waals surface area contributed by atoms with Gasteiger partial charge < -0.3 is 26.6 Å². The predicted octanol–water partition coefficient (Wildman–Crippen LogP) is 1.95. The standard InChI is InChI=1S/C26H24NO3.ClH/c1-28-25-11-8-19-15-24-22-10-9-21(30-17-18-6-4-3-5-7-18)14-20(22)12-13-27(24)16-23(19)26(25)29-2;/h3-11,14-16H,12-13,17H2,1-2H3;1H/q+1;/p-1. The van der Waals surface area contributed by atoms with Gasteiger partial charge in [0, 0.05) is 18.1 Å². The molecule has 2 heterocycles. The SMILES string of the molecule is COc1ccc2cc3[n+](cc2c1OC)CCc1cc(OCc2ccccc2)ccc1-3.[Cl-]. The Bertz CT molecular complexity index is 1220. The van der Waals surface area contributed by atoms with Crippen molar-refractivity contribution >= 4 is 10.8 Å². The van der Waals surface area contributed by atoms with Crippen LogP contribution < -0.4 is 31.2 Å². The number of fused-ring (bicyclic) bond motifs is 4. The first-order valence-corrected chi connectivity index (χ1v) is 10.1. The Kier molecular flexibility index (Phi) is 6.01. The van der Waals surface area contributed by atoms with Gasteiger partial charge in [-0.3, -0.25) is 0 Å². The first kappa shape index (κ1) is 21.0. The fourth-order valence-corrected chi connectivity index (χ4v) is 4.20. The summed E-state index contributed by atoms with van der Waals surface area (Å²) < 4.78 is 19.4. The van der Waals surface area contributed by atoms with Crippen molar-refractivity contribution < 1.29 is 31.2 Å². The Balaban J connectivity index is 0.00000231. The van der Waals surface area contributed by atoms with Crippen LogP contribution in [-0.4, -0.2) is 14.2 Å². The van der Waals surface area contributed by atoms with Crippen LogP contribution in [0.2, 0.25) is 0 Å². The van der Waals surface area contributed by atoms with Crippen molar-refractivity contribution in [2.75, 3.05) is 14.2 Å². The van der Waals surface area contributed by atoms with Crippen LogP contribution in [0.15, 0.2) is 72.9 Å². The van der Waals surface area contributed by atoms with Crippen molar-refractivity contribution in [1.82, 2.24) is 0 Å². The highest BCUT2D eigenvalue weighted by Gasteiger charge is 2.25. The molecular formula is C26H24ClNO3. The van der Waals surface area contributed by atoms with Gasteiger partial charge in [0.05, 0.1) is 19.6 Å². The minimum Gasteiger partial charge on any atom is -1.00 e. The Hall–Kier alpha value is -3.24. The monoisotopic (exact) mass is 433 g/mol. The summed E-state index contributed by atoms with van der Waals surface area (Å²) in [5.41, 5.74) is 4.96. The molecule has 158 valence electrons. The summed E-state index contributed by atoms with van der Waals surface area (Å²) >= 11 is 0. The first-order chi connectivity index (χ1) is 14.8. The summed E-state index contributed by atoms with van der Waals surface area (Å²) in [6.07, 6.45) is 3.14. The van der Waals surface area contributed by atoms with E-state index in [4.69, 9.17) is 14.2 Å². The Labute approximate surface area is 188 Å². The summed E-state index contributed by atoms with van der Waals surface area (Å²) in [6.45, 7) is 1.50. The van der Waals surface area contributed by atoms with Gasteiger partial charge >= 0.3 is 0 Å². The highest BCUT2D eigenvalue weighted by molar-refractivity contribution is 5.91. The van der Waals surface area contributed by atoms with E-state index in [9.17, 15) is 0 Å². The zero-order valence-electron chi connectivity index (χ0n) is 17.6. The minimum absolute atomic E-state index is 0. The highest BCUT2D eigenvalue weighted by Crippen LogP contribution is 2.37. The Morgan fingerprint density at radius 1 is 0.903 bits per heavy atom. The third-order valence-corrected chi connectivity index (χ3v) is 5.73. The summed E-state index contributed by atoms with van der Waals surface area (Å²) in [4.78, 5) is 0. The molecule has 0 spiro atoms. The fraction of sp³-hybridized carbons (Fsp3) is 0.192. The lowest BCUT2D eigenvalue weighted by Gasteiger charge is -2.18. The second-order valence-electron chi connectivity index (χ2n) is 7.50. The van der Waals surface area contributed by atoms with E-state index < -0.39 is 0 Å². The molecule has 0 saturated heterocycles. The van der Waals surface area contributed by atoms with Crippen molar-refractivity contribution in [3.8, 4) is 28.5 Å². The van der Waals surface area contributed by atoms with Crippen molar-refractivity contribution in [2.24, 2.45) is 0 Å². The topological polar surface area (TPSA) is 31.6 Å². The van der Waals surface area contributed by atoms with E-state index >= 15 is 0 Å². The smallest absolute Gasteiger partial charge is 0.213 e. The molecule has 4 nitrogen and oxygen atoms in total. The number of pyridine rings is 1. The highest BCUT2D eigenvalue weighted by atomic mass is 35.5. The normalized spacial score (nSPS) is 11.8. The molecule has 0 amide bonds. The summed E-state index contributed by atoms with van der Waals surface area (Å²) in [5.74, 6) is 2.45. The molecule has 5 rings (SSSR count). The number of methoxy groups -OCH3 is 2. The zero-order valence-corrected chi connectivity index (χ0v) is 18.4. The number of hydrogen-bond acceptors (Lipinski definition) is 3. The van der Waals surface area contributed by atoms with E-state index in [1.54, 1.807) is 14.2 Å². The Morgan fingerprint density at radius 3 is 2.52 bits per heavy atom. The Morgan fingerprint density at radius 2 is 1.74 bits per heavy atom. The van der Waals surface area contributed by atoms with Crippen LogP contribution in [0.3, 0.4) is 0 Å². The minimum atomic E-state index is 0. The van der Waals surface area contributed by atoms with Crippen molar-refractivity contribution in [3.05, 3.63) is 84.1 Å². The molecule has 0 saturated carbocycles. The maximum Gasteiger partial charge on any atom is 0.213 e. The van der Waals surface area contributed by atoms with E-state index in [0.717, 1.165) is 41.0 Å². The average molecular weight is 434 g/mol. The molecule has 31 heavy (non-hydrogen) atoms. The van der Waals surface area contributed by atoms with Gasteiger partial charge in [0.2, 0.25) is 5.69 Å². The molecule has 5 heteroatoms. The lowest BCUT2D eigenvalue weighted by molar-refractivity contribution is -0.686. The van der Waals surface area contributed by atoms with E-state index in [0.29, 0.717) is 6.61 Å². The van der Waals surface area contributed by atoms with Gasteiger partial charge in [-0.25, -0.2) is 0 Å². The number of rotatable bonds is 5. The summed E-state index contributed by atoms with van der Waals surface area (Å²) in [7, 11) is 3.36. The van der Waals surface area contributed by atoms with Crippen LogP contribution >= 0.6 is 0 Å². The molecule has 0 fully saturated rings. The van der Waals surface area contributed by atoms with Gasteiger partial charge in [0.1, 0.15) is 12.4 Å². The van der Waals surface area contributed by atoms with Crippen LogP contribution in [-0.2, 0) is 19.6 Å². The molecule has 0 radical (unpaired) electrons. The second-order valence-corrected chi connectivity index (χ2v) is 7.50. The van der Waals surface area contributed by atoms with Crippen LogP contribution in [0.1, 0.15) is 11.1 Å². The number of hydrogen-bond donors (Lipinski definition) is 0. The van der Waals surface area contributed by atoms with Crippen LogP contribution in [0.4, 0.5) is 0 Å². The molecule has 0 atom stereocenters.